The molecule has 0 atom stereocenters. The van der Waals surface area contributed by atoms with Gasteiger partial charge >= 0.3 is 0 Å². The van der Waals surface area contributed by atoms with Crippen LogP contribution in [0.5, 0.6) is 11.5 Å². The maximum atomic E-state index is 9.42. The molecule has 19 heavy (non-hydrogen) atoms. The smallest absolute Gasteiger partial charge is 0.137 e. The molecule has 2 aromatic rings. The van der Waals surface area contributed by atoms with E-state index < -0.39 is 0 Å². The summed E-state index contributed by atoms with van der Waals surface area (Å²) in [5.74, 6) is 1.06. The first kappa shape index (κ1) is 13.9. The van der Waals surface area contributed by atoms with Crippen LogP contribution < -0.4 is 10.5 Å². The normalized spacial score (nSPS) is 10.4. The van der Waals surface area contributed by atoms with Gasteiger partial charge in [-0.05, 0) is 58.2 Å². The Morgan fingerprint density at radius 3 is 2.68 bits per heavy atom. The van der Waals surface area contributed by atoms with E-state index in [4.69, 9.17) is 10.5 Å². The van der Waals surface area contributed by atoms with Crippen LogP contribution in [0.25, 0.3) is 0 Å². The average Bonchev–Trinajstić information content (AvgIpc) is 2.38. The summed E-state index contributed by atoms with van der Waals surface area (Å²) in [5, 5.41) is 9.42. The number of para-hydroxylation sites is 1. The number of aromatic hydroxyl groups is 1. The van der Waals surface area contributed by atoms with E-state index in [1.54, 1.807) is 18.2 Å². The van der Waals surface area contributed by atoms with E-state index in [1.807, 2.05) is 24.3 Å². The van der Waals surface area contributed by atoms with Crippen molar-refractivity contribution >= 4 is 15.9 Å². The third-order valence-corrected chi connectivity index (χ3v) is 3.38. The van der Waals surface area contributed by atoms with Crippen molar-refractivity contribution in [3.63, 3.8) is 0 Å². The van der Waals surface area contributed by atoms with E-state index in [0.29, 0.717) is 13.2 Å². The third-order valence-electron chi connectivity index (χ3n) is 2.76. The van der Waals surface area contributed by atoms with Crippen LogP contribution in [-0.2, 0) is 13.0 Å². The SMILES string of the molecule is NCCc1cccc(Br)c1OCc1cccc(O)c1. The van der Waals surface area contributed by atoms with E-state index in [9.17, 15) is 5.11 Å². The molecule has 0 aliphatic rings. The van der Waals surface area contributed by atoms with E-state index >= 15 is 0 Å². The number of phenols is 1. The molecule has 0 aromatic heterocycles. The molecule has 0 saturated carbocycles. The number of phenolic OH excluding ortho intramolecular Hbond substituents is 1. The summed E-state index contributed by atoms with van der Waals surface area (Å²) in [6, 6.07) is 13.0. The molecule has 0 aliphatic heterocycles. The van der Waals surface area contributed by atoms with E-state index in [-0.39, 0.29) is 5.75 Å². The van der Waals surface area contributed by atoms with Gasteiger partial charge in [0.25, 0.3) is 0 Å². The van der Waals surface area contributed by atoms with Gasteiger partial charge in [-0.3, -0.25) is 0 Å². The van der Waals surface area contributed by atoms with Crippen LogP contribution >= 0.6 is 15.9 Å². The molecule has 0 unspecified atom stereocenters. The van der Waals surface area contributed by atoms with Gasteiger partial charge in [-0.25, -0.2) is 0 Å². The van der Waals surface area contributed by atoms with Gasteiger partial charge in [0.2, 0.25) is 0 Å². The van der Waals surface area contributed by atoms with Gasteiger partial charge < -0.3 is 15.6 Å². The van der Waals surface area contributed by atoms with Gasteiger partial charge in [-0.1, -0.05) is 24.3 Å². The van der Waals surface area contributed by atoms with Crippen molar-refractivity contribution in [1.29, 1.82) is 0 Å². The number of rotatable bonds is 5. The van der Waals surface area contributed by atoms with Gasteiger partial charge in [-0.2, -0.15) is 0 Å². The van der Waals surface area contributed by atoms with Gasteiger partial charge in [0.05, 0.1) is 4.47 Å². The summed E-state index contributed by atoms with van der Waals surface area (Å²) >= 11 is 3.49. The highest BCUT2D eigenvalue weighted by atomic mass is 79.9. The summed E-state index contributed by atoms with van der Waals surface area (Å²) in [5.41, 5.74) is 7.61. The summed E-state index contributed by atoms with van der Waals surface area (Å²) in [6.07, 6.45) is 0.773. The number of nitrogens with two attached hydrogens (primary N) is 1. The lowest BCUT2D eigenvalue weighted by Gasteiger charge is -2.13. The Morgan fingerprint density at radius 1 is 1.16 bits per heavy atom. The number of ether oxygens (including phenoxy) is 1. The summed E-state index contributed by atoms with van der Waals surface area (Å²) in [7, 11) is 0. The molecule has 0 amide bonds. The molecule has 100 valence electrons. The fourth-order valence-corrected chi connectivity index (χ4v) is 2.39. The monoisotopic (exact) mass is 321 g/mol. The van der Waals surface area contributed by atoms with Crippen LogP contribution in [0.3, 0.4) is 0 Å². The van der Waals surface area contributed by atoms with Crippen LogP contribution in [0.4, 0.5) is 0 Å². The Hall–Kier alpha value is -1.52. The standard InChI is InChI=1S/C15H16BrNO2/c16-14-6-2-4-12(7-8-17)15(14)19-10-11-3-1-5-13(18)9-11/h1-6,9,18H,7-8,10,17H2. The molecular weight excluding hydrogens is 306 g/mol. The van der Waals surface area contributed by atoms with Crippen LogP contribution in [0.2, 0.25) is 0 Å². The first-order chi connectivity index (χ1) is 9.20. The molecule has 2 rings (SSSR count). The van der Waals surface area contributed by atoms with E-state index in [2.05, 4.69) is 15.9 Å². The first-order valence-corrected chi connectivity index (χ1v) is 6.88. The van der Waals surface area contributed by atoms with Crippen molar-refractivity contribution in [1.82, 2.24) is 0 Å². The Balaban J connectivity index is 2.14. The fourth-order valence-electron chi connectivity index (χ4n) is 1.87. The first-order valence-electron chi connectivity index (χ1n) is 6.09. The van der Waals surface area contributed by atoms with E-state index in [0.717, 1.165) is 27.8 Å². The molecule has 0 fully saturated rings. The minimum Gasteiger partial charge on any atom is -0.508 e. The minimum absolute atomic E-state index is 0.246. The van der Waals surface area contributed by atoms with Crippen molar-refractivity contribution in [3.8, 4) is 11.5 Å². The highest BCUT2D eigenvalue weighted by molar-refractivity contribution is 9.10. The summed E-state index contributed by atoms with van der Waals surface area (Å²) in [4.78, 5) is 0. The molecular formula is C15H16BrNO2. The Kier molecular flexibility index (Phi) is 4.82. The molecule has 0 spiro atoms. The van der Waals surface area contributed by atoms with Crippen LogP contribution in [0.1, 0.15) is 11.1 Å². The van der Waals surface area contributed by atoms with Gasteiger partial charge in [0.1, 0.15) is 18.1 Å². The van der Waals surface area contributed by atoms with Crippen molar-refractivity contribution in [2.75, 3.05) is 6.54 Å². The summed E-state index contributed by atoms with van der Waals surface area (Å²) in [6.45, 7) is 0.994. The van der Waals surface area contributed by atoms with Gasteiger partial charge in [0, 0.05) is 0 Å². The second-order valence-corrected chi connectivity index (χ2v) is 5.08. The van der Waals surface area contributed by atoms with Crippen molar-refractivity contribution in [2.45, 2.75) is 13.0 Å². The molecule has 3 N–H and O–H groups in total. The Morgan fingerprint density at radius 2 is 1.95 bits per heavy atom. The van der Waals surface area contributed by atoms with Crippen molar-refractivity contribution in [2.24, 2.45) is 5.73 Å². The molecule has 0 saturated heterocycles. The quantitative estimate of drug-likeness (QED) is 0.888. The topological polar surface area (TPSA) is 55.5 Å². The molecule has 0 radical (unpaired) electrons. The van der Waals surface area contributed by atoms with Crippen LogP contribution in [0, 0.1) is 0 Å². The third kappa shape index (κ3) is 3.72. The van der Waals surface area contributed by atoms with Crippen LogP contribution in [-0.4, -0.2) is 11.7 Å². The highest BCUT2D eigenvalue weighted by Crippen LogP contribution is 2.30. The predicted molar refractivity (Wildman–Crippen MR) is 79.3 cm³/mol. The number of benzene rings is 2. The predicted octanol–water partition coefficient (Wildman–Crippen LogP) is 3.23. The van der Waals surface area contributed by atoms with E-state index in [1.165, 1.54) is 0 Å². The number of hydrogen-bond acceptors (Lipinski definition) is 3. The largest absolute Gasteiger partial charge is 0.508 e. The molecule has 4 heteroatoms. The van der Waals surface area contributed by atoms with Crippen LogP contribution in [0.15, 0.2) is 46.9 Å². The maximum absolute atomic E-state index is 9.42. The second kappa shape index (κ2) is 6.59. The second-order valence-electron chi connectivity index (χ2n) is 4.23. The lowest BCUT2D eigenvalue weighted by Crippen LogP contribution is -2.06. The zero-order chi connectivity index (χ0) is 13.7. The summed E-state index contributed by atoms with van der Waals surface area (Å²) < 4.78 is 6.76. The maximum Gasteiger partial charge on any atom is 0.137 e. The fraction of sp³-hybridized carbons (Fsp3) is 0.200. The molecule has 0 aliphatic carbocycles. The minimum atomic E-state index is 0.246. The average molecular weight is 322 g/mol. The van der Waals surface area contributed by atoms with Gasteiger partial charge in [-0.15, -0.1) is 0 Å². The zero-order valence-electron chi connectivity index (χ0n) is 10.5. The Bertz CT molecular complexity index is 558. The van der Waals surface area contributed by atoms with Crippen molar-refractivity contribution in [3.05, 3.63) is 58.1 Å². The molecule has 0 heterocycles. The van der Waals surface area contributed by atoms with Gasteiger partial charge in [0.15, 0.2) is 0 Å². The van der Waals surface area contributed by atoms with Crippen molar-refractivity contribution < 1.29 is 9.84 Å². The Labute approximate surface area is 121 Å². The lowest BCUT2D eigenvalue weighted by molar-refractivity contribution is 0.300. The molecule has 2 aromatic carbocycles. The zero-order valence-corrected chi connectivity index (χ0v) is 12.1. The number of halogens is 1. The highest BCUT2D eigenvalue weighted by Gasteiger charge is 2.08. The number of hydrogen-bond donors (Lipinski definition) is 2. The molecule has 3 nitrogen and oxygen atoms in total. The molecule has 0 bridgehead atoms. The lowest BCUT2D eigenvalue weighted by atomic mass is 10.1.